The lowest BCUT2D eigenvalue weighted by molar-refractivity contribution is 0.197. The van der Waals surface area contributed by atoms with Crippen LogP contribution in [0.5, 0.6) is 5.75 Å². The zero-order chi connectivity index (χ0) is 19.1. The number of benzene rings is 1. The largest absolute Gasteiger partial charge is 0.497 e. The van der Waals surface area contributed by atoms with Crippen LogP contribution in [0.25, 0.3) is 0 Å². The van der Waals surface area contributed by atoms with Crippen LogP contribution in [0.1, 0.15) is 57.4 Å². The van der Waals surface area contributed by atoms with Crippen molar-refractivity contribution in [3.8, 4) is 5.75 Å². The first-order chi connectivity index (χ1) is 13.2. The number of rotatable bonds is 8. The molecule has 150 valence electrons. The zero-order valence-electron chi connectivity index (χ0n) is 17.2. The fourth-order valence-electron chi connectivity index (χ4n) is 3.83. The van der Waals surface area contributed by atoms with Crippen LogP contribution >= 0.6 is 0 Å². The van der Waals surface area contributed by atoms with E-state index in [0.717, 1.165) is 37.3 Å². The third kappa shape index (κ3) is 6.13. The van der Waals surface area contributed by atoms with Gasteiger partial charge in [0.15, 0.2) is 5.96 Å². The maximum absolute atomic E-state index is 5.24. The highest BCUT2D eigenvalue weighted by atomic mass is 16.5. The monoisotopic (exact) mass is 372 g/mol. The first kappa shape index (κ1) is 20.0. The molecule has 1 saturated carbocycles. The molecule has 2 fully saturated rings. The van der Waals surface area contributed by atoms with Gasteiger partial charge in [-0.2, -0.15) is 0 Å². The van der Waals surface area contributed by atoms with Crippen molar-refractivity contribution in [1.82, 2.24) is 15.5 Å². The summed E-state index contributed by atoms with van der Waals surface area (Å²) in [6.45, 7) is 8.61. The van der Waals surface area contributed by atoms with E-state index in [2.05, 4.69) is 41.5 Å². The van der Waals surface area contributed by atoms with Crippen molar-refractivity contribution in [2.45, 2.75) is 64.0 Å². The predicted octanol–water partition coefficient (Wildman–Crippen LogP) is 3.37. The van der Waals surface area contributed by atoms with Crippen LogP contribution in [-0.4, -0.2) is 56.2 Å². The second kappa shape index (κ2) is 9.98. The van der Waals surface area contributed by atoms with Gasteiger partial charge in [0.2, 0.25) is 0 Å². The topological polar surface area (TPSA) is 48.9 Å². The molecular formula is C22H36N4O. The molecule has 1 aliphatic carbocycles. The van der Waals surface area contributed by atoms with Crippen molar-refractivity contribution in [3.05, 3.63) is 29.8 Å². The molecule has 1 atom stereocenters. The summed E-state index contributed by atoms with van der Waals surface area (Å²) in [4.78, 5) is 7.49. The molecule has 5 heteroatoms. The van der Waals surface area contributed by atoms with Gasteiger partial charge in [0.05, 0.1) is 7.11 Å². The lowest BCUT2D eigenvalue weighted by atomic mass is 9.98. The first-order valence-corrected chi connectivity index (χ1v) is 10.6. The number of likely N-dealkylation sites (tertiary alicyclic amines) is 1. The second-order valence-electron chi connectivity index (χ2n) is 7.91. The zero-order valence-corrected chi connectivity index (χ0v) is 17.2. The van der Waals surface area contributed by atoms with E-state index in [1.165, 1.54) is 44.3 Å². The molecule has 1 heterocycles. The number of guanidine groups is 1. The van der Waals surface area contributed by atoms with Crippen LogP contribution in [-0.2, 0) is 0 Å². The van der Waals surface area contributed by atoms with Crippen LogP contribution < -0.4 is 15.4 Å². The lowest BCUT2D eigenvalue weighted by Crippen LogP contribution is -2.49. The van der Waals surface area contributed by atoms with E-state index in [-0.39, 0.29) is 0 Å². The fourth-order valence-corrected chi connectivity index (χ4v) is 3.83. The normalized spacial score (nSPS) is 20.3. The number of nitrogens with one attached hydrogen (secondary N) is 2. The molecular weight excluding hydrogens is 336 g/mol. The summed E-state index contributed by atoms with van der Waals surface area (Å²) in [7, 11) is 1.71. The molecule has 1 saturated heterocycles. The van der Waals surface area contributed by atoms with Crippen molar-refractivity contribution in [1.29, 1.82) is 0 Å². The van der Waals surface area contributed by atoms with Gasteiger partial charge in [-0.1, -0.05) is 19.1 Å². The summed E-state index contributed by atoms with van der Waals surface area (Å²) >= 11 is 0. The first-order valence-electron chi connectivity index (χ1n) is 10.6. The van der Waals surface area contributed by atoms with Gasteiger partial charge in [-0.25, -0.2) is 0 Å². The van der Waals surface area contributed by atoms with Gasteiger partial charge in [0, 0.05) is 38.3 Å². The van der Waals surface area contributed by atoms with E-state index in [1.54, 1.807) is 7.11 Å². The molecule has 0 aromatic heterocycles. The van der Waals surface area contributed by atoms with Gasteiger partial charge in [-0.3, -0.25) is 4.99 Å². The highest BCUT2D eigenvalue weighted by molar-refractivity contribution is 5.80. The lowest BCUT2D eigenvalue weighted by Gasteiger charge is -2.33. The number of piperidine rings is 1. The molecule has 0 amide bonds. The van der Waals surface area contributed by atoms with Gasteiger partial charge in [0.25, 0.3) is 0 Å². The van der Waals surface area contributed by atoms with Gasteiger partial charge >= 0.3 is 0 Å². The molecule has 2 N–H and O–H groups in total. The molecule has 3 rings (SSSR count). The van der Waals surface area contributed by atoms with Crippen LogP contribution in [0.4, 0.5) is 0 Å². The maximum Gasteiger partial charge on any atom is 0.191 e. The molecule has 1 aliphatic heterocycles. The van der Waals surface area contributed by atoms with E-state index in [9.17, 15) is 0 Å². The Kier molecular flexibility index (Phi) is 7.39. The summed E-state index contributed by atoms with van der Waals surface area (Å²) < 4.78 is 5.24. The molecule has 1 unspecified atom stereocenters. The Bertz CT molecular complexity index is 589. The third-order valence-electron chi connectivity index (χ3n) is 5.79. The summed E-state index contributed by atoms with van der Waals surface area (Å²) in [5.74, 6) is 2.38. The molecule has 0 radical (unpaired) electrons. The fraction of sp³-hybridized carbons (Fsp3) is 0.682. The minimum atomic E-state index is 0.490. The van der Waals surface area contributed by atoms with Crippen LogP contribution in [0.15, 0.2) is 29.3 Å². The van der Waals surface area contributed by atoms with Crippen molar-refractivity contribution in [3.63, 3.8) is 0 Å². The van der Waals surface area contributed by atoms with E-state index in [4.69, 9.17) is 9.73 Å². The number of methoxy groups -OCH3 is 1. The molecule has 27 heavy (non-hydrogen) atoms. The van der Waals surface area contributed by atoms with E-state index >= 15 is 0 Å². The molecule has 2 aliphatic rings. The van der Waals surface area contributed by atoms with Crippen LogP contribution in [0.3, 0.4) is 0 Å². The summed E-state index contributed by atoms with van der Waals surface area (Å²) in [6, 6.07) is 9.84. The quantitative estimate of drug-likeness (QED) is 0.543. The minimum absolute atomic E-state index is 0.490. The van der Waals surface area contributed by atoms with Crippen molar-refractivity contribution >= 4 is 5.96 Å². The Morgan fingerprint density at radius 3 is 2.48 bits per heavy atom. The summed E-state index contributed by atoms with van der Waals surface area (Å²) in [5.41, 5.74) is 1.34. The Morgan fingerprint density at radius 2 is 1.89 bits per heavy atom. The van der Waals surface area contributed by atoms with Gasteiger partial charge in [-0.05, 0) is 62.6 Å². The SMILES string of the molecule is CCNC(=NCCC(C)c1ccc(OC)cc1)NC1CCN(C2CC2)CC1. The maximum atomic E-state index is 5.24. The number of nitrogens with zero attached hydrogens (tertiary/aromatic N) is 2. The highest BCUT2D eigenvalue weighted by Crippen LogP contribution is 2.29. The Morgan fingerprint density at radius 1 is 1.19 bits per heavy atom. The smallest absolute Gasteiger partial charge is 0.191 e. The molecule has 1 aromatic rings. The highest BCUT2D eigenvalue weighted by Gasteiger charge is 2.31. The van der Waals surface area contributed by atoms with Crippen molar-refractivity contribution < 1.29 is 4.74 Å². The number of ether oxygens (including phenoxy) is 1. The van der Waals surface area contributed by atoms with E-state index in [0.29, 0.717) is 12.0 Å². The predicted molar refractivity (Wildman–Crippen MR) is 113 cm³/mol. The summed E-state index contributed by atoms with van der Waals surface area (Å²) in [6.07, 6.45) is 6.32. The number of hydrogen-bond donors (Lipinski definition) is 2. The Balaban J connectivity index is 1.44. The van der Waals surface area contributed by atoms with Crippen LogP contribution in [0, 0.1) is 0 Å². The molecule has 0 spiro atoms. The third-order valence-corrected chi connectivity index (χ3v) is 5.79. The molecule has 5 nitrogen and oxygen atoms in total. The van der Waals surface area contributed by atoms with Gasteiger partial charge in [-0.15, -0.1) is 0 Å². The minimum Gasteiger partial charge on any atom is -0.497 e. The van der Waals surface area contributed by atoms with Crippen LogP contribution in [0.2, 0.25) is 0 Å². The van der Waals surface area contributed by atoms with Crippen molar-refractivity contribution in [2.24, 2.45) is 4.99 Å². The Labute approximate surface area is 164 Å². The molecule has 0 bridgehead atoms. The number of aliphatic imine (C=N–C) groups is 1. The summed E-state index contributed by atoms with van der Waals surface area (Å²) in [5, 5.41) is 7.07. The second-order valence-corrected chi connectivity index (χ2v) is 7.91. The van der Waals surface area contributed by atoms with Gasteiger partial charge in [0.1, 0.15) is 5.75 Å². The molecule has 1 aromatic carbocycles. The Hall–Kier alpha value is -1.75. The van der Waals surface area contributed by atoms with Crippen molar-refractivity contribution in [2.75, 3.05) is 33.3 Å². The standard InChI is InChI=1S/C22H36N4O/c1-4-23-22(25-19-12-15-26(16-13-19)20-7-8-20)24-14-11-17(2)18-5-9-21(27-3)10-6-18/h5-6,9-10,17,19-20H,4,7-8,11-16H2,1-3H3,(H2,23,24,25). The van der Waals surface area contributed by atoms with E-state index in [1.807, 2.05) is 12.1 Å². The van der Waals surface area contributed by atoms with E-state index < -0.39 is 0 Å². The average Bonchev–Trinajstić information content (AvgIpc) is 3.54. The average molecular weight is 373 g/mol. The number of hydrogen-bond acceptors (Lipinski definition) is 3. The van der Waals surface area contributed by atoms with Gasteiger partial charge < -0.3 is 20.3 Å².